The summed E-state index contributed by atoms with van der Waals surface area (Å²) in [5.74, 6) is 0.180. The zero-order valence-corrected chi connectivity index (χ0v) is 25.9. The lowest BCUT2D eigenvalue weighted by molar-refractivity contribution is -0.119. The van der Waals surface area contributed by atoms with Crippen LogP contribution < -0.4 is 24.5 Å². The van der Waals surface area contributed by atoms with Gasteiger partial charge < -0.3 is 14.8 Å². The lowest BCUT2D eigenvalue weighted by atomic mass is 10.2. The van der Waals surface area contributed by atoms with Crippen LogP contribution in [-0.2, 0) is 19.6 Å². The molecule has 0 spiro atoms. The lowest BCUT2D eigenvalue weighted by Gasteiger charge is -2.25. The van der Waals surface area contributed by atoms with E-state index in [9.17, 15) is 18.0 Å². The zero-order chi connectivity index (χ0) is 31.7. The minimum absolute atomic E-state index is 0.0503. The SMILES string of the molecule is COc1ccc(NC(=O)COc2ccc(/C=N\NC(=O)CN(c3ccc(Cl)cc3C)S(=O)(=O)c3ccc(C)cc3)cc2)cc1. The molecule has 0 aliphatic heterocycles. The molecule has 0 atom stereocenters. The molecule has 10 nitrogen and oxygen atoms in total. The zero-order valence-electron chi connectivity index (χ0n) is 24.3. The number of anilines is 2. The minimum atomic E-state index is -4.09. The largest absolute Gasteiger partial charge is 0.497 e. The number of carbonyl (C=O) groups is 2. The van der Waals surface area contributed by atoms with E-state index in [-0.39, 0.29) is 17.4 Å². The van der Waals surface area contributed by atoms with Crippen LogP contribution in [0.25, 0.3) is 0 Å². The summed E-state index contributed by atoms with van der Waals surface area (Å²) in [6.07, 6.45) is 1.41. The molecule has 0 saturated carbocycles. The predicted octanol–water partition coefficient (Wildman–Crippen LogP) is 5.33. The molecular formula is C32H31ClN4O6S. The molecule has 0 saturated heterocycles. The summed E-state index contributed by atoms with van der Waals surface area (Å²) >= 11 is 6.09. The van der Waals surface area contributed by atoms with Crippen molar-refractivity contribution in [3.8, 4) is 11.5 Å². The summed E-state index contributed by atoms with van der Waals surface area (Å²) < 4.78 is 38.8. The molecule has 12 heteroatoms. The summed E-state index contributed by atoms with van der Waals surface area (Å²) in [7, 11) is -2.52. The van der Waals surface area contributed by atoms with Gasteiger partial charge in [-0.3, -0.25) is 13.9 Å². The third-order valence-corrected chi connectivity index (χ3v) is 8.36. The standard InChI is InChI=1S/C32H31ClN4O6S/c1-22-4-15-29(16-5-22)44(40,41)37(30-17-8-25(33)18-23(30)2)20-31(38)36-34-19-24-6-11-28(12-7-24)43-21-32(39)35-26-9-13-27(42-3)14-10-26/h4-19H,20-21H2,1-3H3,(H,35,39)(H,36,38)/b34-19-. The fraction of sp³-hybridized carbons (Fsp3) is 0.156. The number of carbonyl (C=O) groups excluding carboxylic acids is 2. The van der Waals surface area contributed by atoms with Crippen LogP contribution in [0.2, 0.25) is 5.02 Å². The van der Waals surface area contributed by atoms with Crippen LogP contribution in [0.15, 0.2) is 101 Å². The Morgan fingerprint density at radius 2 is 1.55 bits per heavy atom. The van der Waals surface area contributed by atoms with Gasteiger partial charge in [-0.1, -0.05) is 29.3 Å². The van der Waals surface area contributed by atoms with E-state index in [4.69, 9.17) is 21.1 Å². The highest BCUT2D eigenvalue weighted by Gasteiger charge is 2.28. The second-order valence-corrected chi connectivity index (χ2v) is 12.0. The molecule has 4 aromatic rings. The Balaban J connectivity index is 1.35. The van der Waals surface area contributed by atoms with Crippen LogP contribution in [0.4, 0.5) is 11.4 Å². The Kier molecular flexibility index (Phi) is 10.6. The number of hydrogen-bond acceptors (Lipinski definition) is 7. The number of amides is 2. The number of sulfonamides is 1. The van der Waals surface area contributed by atoms with Crippen LogP contribution in [0.1, 0.15) is 16.7 Å². The number of hydrazone groups is 1. The van der Waals surface area contributed by atoms with E-state index >= 15 is 0 Å². The molecule has 228 valence electrons. The summed E-state index contributed by atoms with van der Waals surface area (Å²) in [6.45, 7) is 2.87. The van der Waals surface area contributed by atoms with E-state index in [1.807, 2.05) is 6.92 Å². The summed E-state index contributed by atoms with van der Waals surface area (Å²) in [5.41, 5.74) is 5.45. The van der Waals surface area contributed by atoms with Gasteiger partial charge in [0.15, 0.2) is 6.61 Å². The topological polar surface area (TPSA) is 126 Å². The number of rotatable bonds is 12. The first-order valence-corrected chi connectivity index (χ1v) is 15.2. The highest BCUT2D eigenvalue weighted by Crippen LogP contribution is 2.29. The summed E-state index contributed by atoms with van der Waals surface area (Å²) in [4.78, 5) is 25.1. The van der Waals surface area contributed by atoms with E-state index in [1.165, 1.54) is 18.3 Å². The molecule has 0 radical (unpaired) electrons. The Labute approximate surface area is 261 Å². The maximum atomic E-state index is 13.6. The molecule has 2 N–H and O–H groups in total. The maximum absolute atomic E-state index is 13.6. The molecule has 0 aliphatic carbocycles. The Morgan fingerprint density at radius 1 is 0.886 bits per heavy atom. The van der Waals surface area contributed by atoms with Crippen molar-refractivity contribution in [1.82, 2.24) is 5.43 Å². The van der Waals surface area contributed by atoms with Crippen molar-refractivity contribution in [1.29, 1.82) is 0 Å². The number of aryl methyl sites for hydroxylation is 2. The number of nitrogens with one attached hydrogen (secondary N) is 2. The molecule has 0 fully saturated rings. The number of methoxy groups -OCH3 is 1. The van der Waals surface area contributed by atoms with Gasteiger partial charge in [0.1, 0.15) is 18.0 Å². The van der Waals surface area contributed by atoms with Crippen LogP contribution in [0.5, 0.6) is 11.5 Å². The molecule has 4 aromatic carbocycles. The van der Waals surface area contributed by atoms with Gasteiger partial charge in [-0.15, -0.1) is 0 Å². The molecule has 0 heterocycles. The van der Waals surface area contributed by atoms with Crippen LogP contribution in [-0.4, -0.2) is 46.7 Å². The maximum Gasteiger partial charge on any atom is 0.264 e. The minimum Gasteiger partial charge on any atom is -0.497 e. The normalized spacial score (nSPS) is 11.2. The van der Waals surface area contributed by atoms with Crippen molar-refractivity contribution >= 4 is 51.0 Å². The third kappa shape index (κ3) is 8.59. The highest BCUT2D eigenvalue weighted by atomic mass is 35.5. The van der Waals surface area contributed by atoms with E-state index in [2.05, 4.69) is 15.8 Å². The number of benzene rings is 4. The second kappa shape index (κ2) is 14.5. The highest BCUT2D eigenvalue weighted by molar-refractivity contribution is 7.92. The molecule has 0 bridgehead atoms. The van der Waals surface area contributed by atoms with Crippen molar-refractivity contribution in [3.05, 3.63) is 113 Å². The lowest BCUT2D eigenvalue weighted by Crippen LogP contribution is -2.40. The van der Waals surface area contributed by atoms with Crippen molar-refractivity contribution in [2.24, 2.45) is 5.10 Å². The smallest absolute Gasteiger partial charge is 0.264 e. The van der Waals surface area contributed by atoms with Crippen molar-refractivity contribution in [2.75, 3.05) is 29.9 Å². The summed E-state index contributed by atoms with van der Waals surface area (Å²) in [6, 6.07) is 24.8. The van der Waals surface area contributed by atoms with Gasteiger partial charge >= 0.3 is 0 Å². The molecule has 2 amide bonds. The molecule has 0 aliphatic rings. The van der Waals surface area contributed by atoms with Gasteiger partial charge in [0, 0.05) is 10.7 Å². The van der Waals surface area contributed by atoms with Crippen LogP contribution in [0, 0.1) is 13.8 Å². The molecule has 0 unspecified atom stereocenters. The van der Waals surface area contributed by atoms with Crippen molar-refractivity contribution < 1.29 is 27.5 Å². The average molecular weight is 635 g/mol. The second-order valence-electron chi connectivity index (χ2n) is 9.68. The van der Waals surface area contributed by atoms with Gasteiger partial charge in [0.25, 0.3) is 21.8 Å². The Hall–Kier alpha value is -4.87. The van der Waals surface area contributed by atoms with Gasteiger partial charge in [0.05, 0.1) is 23.9 Å². The molecular weight excluding hydrogens is 604 g/mol. The van der Waals surface area contributed by atoms with Gasteiger partial charge in [-0.25, -0.2) is 13.8 Å². The number of halogens is 1. The molecule has 44 heavy (non-hydrogen) atoms. The number of nitrogens with zero attached hydrogens (tertiary/aromatic N) is 2. The van der Waals surface area contributed by atoms with Crippen molar-refractivity contribution in [2.45, 2.75) is 18.7 Å². The number of ether oxygens (including phenoxy) is 2. The molecule has 0 aromatic heterocycles. The van der Waals surface area contributed by atoms with E-state index in [0.717, 1.165) is 9.87 Å². The quantitative estimate of drug-likeness (QED) is 0.160. The van der Waals surface area contributed by atoms with E-state index in [0.29, 0.717) is 39.0 Å². The summed E-state index contributed by atoms with van der Waals surface area (Å²) in [5, 5.41) is 7.15. The first-order valence-electron chi connectivity index (χ1n) is 13.4. The average Bonchev–Trinajstić information content (AvgIpc) is 3.00. The first kappa shape index (κ1) is 32.1. The Bertz CT molecular complexity index is 1740. The van der Waals surface area contributed by atoms with Crippen molar-refractivity contribution in [3.63, 3.8) is 0 Å². The van der Waals surface area contributed by atoms with Crippen LogP contribution >= 0.6 is 11.6 Å². The van der Waals surface area contributed by atoms with E-state index in [1.54, 1.807) is 92.9 Å². The number of hydrogen-bond donors (Lipinski definition) is 2. The van der Waals surface area contributed by atoms with Gasteiger partial charge in [-0.05, 0) is 104 Å². The monoisotopic (exact) mass is 634 g/mol. The Morgan fingerprint density at radius 3 is 2.18 bits per heavy atom. The fourth-order valence-electron chi connectivity index (χ4n) is 4.05. The third-order valence-electron chi connectivity index (χ3n) is 6.35. The first-order chi connectivity index (χ1) is 21.0. The molecule has 4 rings (SSSR count). The van der Waals surface area contributed by atoms with E-state index < -0.39 is 22.5 Å². The van der Waals surface area contributed by atoms with Gasteiger partial charge in [-0.2, -0.15) is 5.10 Å². The predicted molar refractivity (Wildman–Crippen MR) is 171 cm³/mol. The van der Waals surface area contributed by atoms with Gasteiger partial charge in [0.2, 0.25) is 0 Å². The fourth-order valence-corrected chi connectivity index (χ4v) is 5.76. The van der Waals surface area contributed by atoms with Crippen LogP contribution in [0.3, 0.4) is 0 Å².